The van der Waals surface area contributed by atoms with Crippen LogP contribution in [0.1, 0.15) is 64.5 Å². The molecular formula is C35H32N2O2. The maximum Gasteiger partial charge on any atom is 0.124 e. The quantitative estimate of drug-likeness (QED) is 0.220. The summed E-state index contributed by atoms with van der Waals surface area (Å²) in [5, 5.41) is 4.35. The third-order valence-electron chi connectivity index (χ3n) is 10.4. The van der Waals surface area contributed by atoms with Gasteiger partial charge in [-0.2, -0.15) is 0 Å². The molecule has 1 spiro atoms. The van der Waals surface area contributed by atoms with Crippen molar-refractivity contribution in [1.82, 2.24) is 4.57 Å². The van der Waals surface area contributed by atoms with Gasteiger partial charge in [-0.05, 0) is 75.4 Å². The standard InChI is InChI=1S/C35H32N2O2/c1-33(2)34(3,4)39-37(38-33)28-18-17-24-30-29(28)23-12-6-8-14-27(23)36-26-13-7-5-11-21(26)22-15-16-25(31(30)32(22)36)35(24)19-9-10-20-35/h5-8,11-18H,9-10,19-20H2,1-4H3. The second kappa shape index (κ2) is 6.93. The number of fused-ring (bicyclic) bond motifs is 8. The zero-order valence-corrected chi connectivity index (χ0v) is 23.0. The Labute approximate surface area is 228 Å². The maximum atomic E-state index is 6.55. The van der Waals surface area contributed by atoms with Gasteiger partial charge in [0.05, 0.1) is 16.7 Å². The molecule has 0 amide bonds. The summed E-state index contributed by atoms with van der Waals surface area (Å²) in [5.74, 6) is 0. The van der Waals surface area contributed by atoms with Crippen molar-refractivity contribution in [2.24, 2.45) is 0 Å². The van der Waals surface area contributed by atoms with Crippen molar-refractivity contribution < 1.29 is 9.68 Å². The summed E-state index contributed by atoms with van der Waals surface area (Å²) in [4.78, 5) is 13.1. The monoisotopic (exact) mass is 512 g/mol. The average molecular weight is 513 g/mol. The van der Waals surface area contributed by atoms with Gasteiger partial charge in [-0.3, -0.25) is 0 Å². The first kappa shape index (κ1) is 22.2. The third-order valence-corrected chi connectivity index (χ3v) is 10.4. The number of aromatic nitrogens is 1. The summed E-state index contributed by atoms with van der Waals surface area (Å²) in [5.41, 5.74) is 12.1. The molecule has 2 aliphatic heterocycles. The van der Waals surface area contributed by atoms with Crippen LogP contribution in [0.3, 0.4) is 0 Å². The van der Waals surface area contributed by atoms with E-state index in [0.29, 0.717) is 0 Å². The molecule has 39 heavy (non-hydrogen) atoms. The lowest BCUT2D eigenvalue weighted by atomic mass is 9.76. The van der Waals surface area contributed by atoms with Crippen LogP contribution in [0, 0.1) is 0 Å². The molecule has 0 unspecified atom stereocenters. The number of nitrogens with zero attached hydrogens (tertiary/aromatic N) is 2. The largest absolute Gasteiger partial charge is 0.308 e. The highest BCUT2D eigenvalue weighted by molar-refractivity contribution is 6.19. The van der Waals surface area contributed by atoms with Gasteiger partial charge in [-0.15, -0.1) is 5.23 Å². The highest BCUT2D eigenvalue weighted by Crippen LogP contribution is 2.64. The van der Waals surface area contributed by atoms with Gasteiger partial charge in [0, 0.05) is 32.9 Å². The zero-order valence-electron chi connectivity index (χ0n) is 23.0. The van der Waals surface area contributed by atoms with Gasteiger partial charge in [0.2, 0.25) is 0 Å². The van der Waals surface area contributed by atoms with Crippen LogP contribution in [-0.4, -0.2) is 15.8 Å². The minimum atomic E-state index is -0.470. The molecule has 4 aliphatic rings. The highest BCUT2D eigenvalue weighted by atomic mass is 17.0. The zero-order chi connectivity index (χ0) is 26.3. The normalized spacial score (nSPS) is 20.8. The van der Waals surface area contributed by atoms with E-state index in [-0.39, 0.29) is 5.41 Å². The summed E-state index contributed by atoms with van der Waals surface area (Å²) in [6.07, 6.45) is 4.95. The second-order valence-electron chi connectivity index (χ2n) is 12.9. The first-order valence-electron chi connectivity index (χ1n) is 14.4. The fourth-order valence-electron chi connectivity index (χ4n) is 7.93. The lowest BCUT2D eigenvalue weighted by molar-refractivity contribution is -0.0270. The number of benzene rings is 4. The molecule has 194 valence electrons. The number of hydrogen-bond donors (Lipinski definition) is 0. The molecule has 2 aliphatic carbocycles. The number of para-hydroxylation sites is 2. The van der Waals surface area contributed by atoms with Gasteiger partial charge in [0.15, 0.2) is 0 Å². The minimum absolute atomic E-state index is 0.0744. The van der Waals surface area contributed by atoms with Crippen molar-refractivity contribution in [3.05, 3.63) is 83.9 Å². The van der Waals surface area contributed by atoms with Crippen LogP contribution >= 0.6 is 0 Å². The molecule has 0 atom stereocenters. The molecule has 1 saturated heterocycles. The average Bonchev–Trinajstić information content (AvgIpc) is 3.64. The van der Waals surface area contributed by atoms with E-state index in [1.165, 1.54) is 86.6 Å². The lowest BCUT2D eigenvalue weighted by Crippen LogP contribution is -2.41. The molecule has 4 aromatic carbocycles. The van der Waals surface area contributed by atoms with E-state index in [2.05, 4.69) is 105 Å². The fourth-order valence-corrected chi connectivity index (χ4v) is 7.93. The van der Waals surface area contributed by atoms with E-state index in [1.807, 2.05) is 0 Å². The van der Waals surface area contributed by atoms with E-state index in [9.17, 15) is 0 Å². The summed E-state index contributed by atoms with van der Waals surface area (Å²) in [6, 6.07) is 27.3. The lowest BCUT2D eigenvalue weighted by Gasteiger charge is -2.28. The maximum absolute atomic E-state index is 6.55. The van der Waals surface area contributed by atoms with Crippen LogP contribution in [0.15, 0.2) is 72.8 Å². The molecule has 0 N–H and O–H groups in total. The third kappa shape index (κ3) is 2.49. The first-order valence-corrected chi connectivity index (χ1v) is 14.4. The summed E-state index contributed by atoms with van der Waals surface area (Å²) < 4.78 is 2.53. The molecular weight excluding hydrogens is 480 g/mol. The van der Waals surface area contributed by atoms with E-state index in [1.54, 1.807) is 5.23 Å². The van der Waals surface area contributed by atoms with E-state index in [4.69, 9.17) is 9.68 Å². The predicted octanol–water partition coefficient (Wildman–Crippen LogP) is 8.85. The highest BCUT2D eigenvalue weighted by Gasteiger charge is 2.52. The van der Waals surface area contributed by atoms with Crippen LogP contribution < -0.4 is 5.23 Å². The molecule has 1 aromatic heterocycles. The van der Waals surface area contributed by atoms with Gasteiger partial charge in [-0.25, -0.2) is 9.68 Å². The van der Waals surface area contributed by atoms with E-state index >= 15 is 0 Å². The van der Waals surface area contributed by atoms with Crippen LogP contribution in [0.25, 0.3) is 49.7 Å². The van der Waals surface area contributed by atoms with Gasteiger partial charge in [-0.1, -0.05) is 67.4 Å². The Morgan fingerprint density at radius 1 is 0.615 bits per heavy atom. The Kier molecular flexibility index (Phi) is 3.95. The SMILES string of the molecule is CC1(C)ON(c2ccc3c4c2-c2ccccc2-n2c5ccccc5c5ccc(c-4c52)C32CCCC2)OC1(C)C. The Bertz CT molecular complexity index is 1870. The smallest absolute Gasteiger partial charge is 0.124 e. The second-order valence-corrected chi connectivity index (χ2v) is 12.9. The molecule has 4 heteroatoms. The minimum Gasteiger partial charge on any atom is -0.308 e. The number of anilines is 1. The van der Waals surface area contributed by atoms with Crippen molar-refractivity contribution in [2.75, 3.05) is 5.23 Å². The van der Waals surface area contributed by atoms with Crippen LogP contribution in [0.2, 0.25) is 0 Å². The first-order chi connectivity index (χ1) is 18.8. The van der Waals surface area contributed by atoms with E-state index in [0.717, 1.165) is 5.69 Å². The van der Waals surface area contributed by atoms with Crippen molar-refractivity contribution in [3.63, 3.8) is 0 Å². The molecule has 0 radical (unpaired) electrons. The summed E-state index contributed by atoms with van der Waals surface area (Å²) in [7, 11) is 0. The van der Waals surface area contributed by atoms with Crippen molar-refractivity contribution >= 4 is 27.5 Å². The molecule has 3 heterocycles. The molecule has 4 nitrogen and oxygen atoms in total. The van der Waals surface area contributed by atoms with Gasteiger partial charge < -0.3 is 4.57 Å². The van der Waals surface area contributed by atoms with Crippen LogP contribution in [0.5, 0.6) is 0 Å². The van der Waals surface area contributed by atoms with Crippen LogP contribution in [-0.2, 0) is 15.1 Å². The number of hydrogen-bond acceptors (Lipinski definition) is 3. The Balaban J connectivity index is 1.48. The van der Waals surface area contributed by atoms with Crippen molar-refractivity contribution in [1.29, 1.82) is 0 Å². The summed E-state index contributed by atoms with van der Waals surface area (Å²) >= 11 is 0. The molecule has 2 fully saturated rings. The Morgan fingerprint density at radius 2 is 1.28 bits per heavy atom. The van der Waals surface area contributed by atoms with E-state index < -0.39 is 11.2 Å². The molecule has 5 aromatic rings. The summed E-state index contributed by atoms with van der Waals surface area (Å²) in [6.45, 7) is 8.43. The molecule has 9 rings (SSSR count). The van der Waals surface area contributed by atoms with Crippen molar-refractivity contribution in [3.8, 4) is 27.9 Å². The van der Waals surface area contributed by atoms with Gasteiger partial charge in [0.1, 0.15) is 16.9 Å². The van der Waals surface area contributed by atoms with Crippen molar-refractivity contribution in [2.45, 2.75) is 70.0 Å². The van der Waals surface area contributed by atoms with Gasteiger partial charge >= 0.3 is 0 Å². The predicted molar refractivity (Wildman–Crippen MR) is 157 cm³/mol. The Morgan fingerprint density at radius 3 is 2.08 bits per heavy atom. The van der Waals surface area contributed by atoms with Crippen LogP contribution in [0.4, 0.5) is 5.69 Å². The molecule has 0 bridgehead atoms. The fraction of sp³-hybridized carbons (Fsp3) is 0.314. The topological polar surface area (TPSA) is 26.6 Å². The Hall–Kier alpha value is -3.60. The molecule has 1 saturated carbocycles. The number of rotatable bonds is 1. The van der Waals surface area contributed by atoms with Gasteiger partial charge in [0.25, 0.3) is 0 Å².